The summed E-state index contributed by atoms with van der Waals surface area (Å²) in [5.41, 5.74) is 1.47. The quantitative estimate of drug-likeness (QED) is 0.640. The molecular formula is C22H30N4O5S. The third-order valence-corrected chi connectivity index (χ3v) is 8.34. The molecule has 1 aliphatic heterocycles. The van der Waals surface area contributed by atoms with Crippen molar-refractivity contribution in [2.24, 2.45) is 0 Å². The second kappa shape index (κ2) is 8.84. The van der Waals surface area contributed by atoms with E-state index in [1.54, 1.807) is 38.0 Å². The number of oxazole rings is 1. The van der Waals surface area contributed by atoms with Crippen LogP contribution < -0.4 is 10.1 Å². The van der Waals surface area contributed by atoms with E-state index in [1.165, 1.54) is 10.6 Å². The highest BCUT2D eigenvalue weighted by Crippen LogP contribution is 2.36. The highest BCUT2D eigenvalue weighted by Gasteiger charge is 2.40. The fourth-order valence-electron chi connectivity index (χ4n) is 4.28. The van der Waals surface area contributed by atoms with Crippen molar-refractivity contribution in [2.75, 3.05) is 27.2 Å². The van der Waals surface area contributed by atoms with Gasteiger partial charge in [-0.25, -0.2) is 13.4 Å². The Balaban J connectivity index is 1.56. The van der Waals surface area contributed by atoms with Crippen LogP contribution in [-0.2, 0) is 16.6 Å². The van der Waals surface area contributed by atoms with Crippen LogP contribution in [0.2, 0.25) is 0 Å². The topological polar surface area (TPSA) is 105 Å². The molecule has 32 heavy (non-hydrogen) atoms. The zero-order valence-corrected chi connectivity index (χ0v) is 19.7. The van der Waals surface area contributed by atoms with E-state index in [4.69, 9.17) is 9.15 Å². The first-order valence-electron chi connectivity index (χ1n) is 10.8. The van der Waals surface area contributed by atoms with Gasteiger partial charge in [0.15, 0.2) is 5.69 Å². The fourth-order valence-corrected chi connectivity index (χ4v) is 6.33. The molecule has 2 aromatic rings. The van der Waals surface area contributed by atoms with Gasteiger partial charge in [-0.05, 0) is 63.4 Å². The number of amides is 1. The summed E-state index contributed by atoms with van der Waals surface area (Å²) in [7, 11) is -0.348. The summed E-state index contributed by atoms with van der Waals surface area (Å²) in [6, 6.07) is 3.63. The maximum atomic E-state index is 13.6. The lowest BCUT2D eigenvalue weighted by molar-refractivity contribution is 0.0784. The summed E-state index contributed by atoms with van der Waals surface area (Å²) in [4.78, 5) is 19.1. The van der Waals surface area contributed by atoms with Gasteiger partial charge in [0.25, 0.3) is 5.91 Å². The molecule has 174 valence electrons. The zero-order chi connectivity index (χ0) is 23.0. The van der Waals surface area contributed by atoms with Crippen molar-refractivity contribution in [1.29, 1.82) is 0 Å². The van der Waals surface area contributed by atoms with E-state index in [0.717, 1.165) is 19.3 Å². The molecule has 0 spiro atoms. The zero-order valence-electron chi connectivity index (χ0n) is 18.9. The van der Waals surface area contributed by atoms with Crippen LogP contribution in [-0.4, -0.2) is 67.8 Å². The van der Waals surface area contributed by atoms with Gasteiger partial charge in [0.05, 0.1) is 18.6 Å². The molecule has 1 N–H and O–H groups in total. The van der Waals surface area contributed by atoms with Crippen LogP contribution in [0.1, 0.15) is 46.8 Å². The molecule has 1 saturated carbocycles. The van der Waals surface area contributed by atoms with Gasteiger partial charge in [-0.3, -0.25) is 4.79 Å². The number of carbonyl (C=O) groups is 1. The Bertz CT molecular complexity index is 1090. The van der Waals surface area contributed by atoms with E-state index in [-0.39, 0.29) is 41.0 Å². The maximum absolute atomic E-state index is 13.6. The average molecular weight is 463 g/mol. The largest absolute Gasteiger partial charge is 0.497 e. The van der Waals surface area contributed by atoms with Crippen LogP contribution in [0.25, 0.3) is 0 Å². The standard InChI is InChI=1S/C22H30N4O5S/c1-14-9-18(30-4)10-15(2)21(14)32(28,29)26(17-5-6-17)12-20-24-19(13-31-20)22(27)25-8-7-16(11-25)23-3/h9-10,13,16-17,23H,5-8,11-12H2,1-4H3. The van der Waals surface area contributed by atoms with E-state index in [0.29, 0.717) is 30.0 Å². The number of methoxy groups -OCH3 is 1. The lowest BCUT2D eigenvalue weighted by Gasteiger charge is -2.23. The maximum Gasteiger partial charge on any atom is 0.275 e. The Labute approximate surface area is 188 Å². The number of likely N-dealkylation sites (tertiary alicyclic amines) is 1. The number of rotatable bonds is 8. The summed E-state index contributed by atoms with van der Waals surface area (Å²) in [5, 5.41) is 3.18. The SMILES string of the molecule is CNC1CCN(C(=O)c2coc(CN(C3CC3)S(=O)(=O)c3c(C)cc(OC)cc3C)n2)C1. The number of sulfonamides is 1. The molecule has 4 rings (SSSR count). The number of aryl methyl sites for hydroxylation is 2. The molecule has 1 saturated heterocycles. The number of hydrogen-bond acceptors (Lipinski definition) is 7. The van der Waals surface area contributed by atoms with Crippen molar-refractivity contribution in [3.05, 3.63) is 41.1 Å². The monoisotopic (exact) mass is 462 g/mol. The second-order valence-corrected chi connectivity index (χ2v) is 10.4. The Morgan fingerprint density at radius 1 is 1.28 bits per heavy atom. The molecular weight excluding hydrogens is 432 g/mol. The number of ether oxygens (including phenoxy) is 1. The molecule has 1 aliphatic carbocycles. The molecule has 9 nitrogen and oxygen atoms in total. The molecule has 1 amide bonds. The van der Waals surface area contributed by atoms with Crippen LogP contribution in [0, 0.1) is 13.8 Å². The van der Waals surface area contributed by atoms with Crippen LogP contribution >= 0.6 is 0 Å². The number of aromatic nitrogens is 1. The van der Waals surface area contributed by atoms with Gasteiger partial charge >= 0.3 is 0 Å². The van der Waals surface area contributed by atoms with Crippen molar-refractivity contribution in [3.63, 3.8) is 0 Å². The van der Waals surface area contributed by atoms with Gasteiger partial charge in [0.1, 0.15) is 12.0 Å². The normalized spacial score (nSPS) is 19.0. The van der Waals surface area contributed by atoms with Crippen LogP contribution in [0.15, 0.2) is 27.7 Å². The average Bonchev–Trinajstić information content (AvgIpc) is 3.28. The number of nitrogens with zero attached hydrogens (tertiary/aromatic N) is 3. The molecule has 10 heteroatoms. The number of likely N-dealkylation sites (N-methyl/N-ethyl adjacent to an activating group) is 1. The number of hydrogen-bond donors (Lipinski definition) is 1. The first-order chi connectivity index (χ1) is 15.2. The predicted molar refractivity (Wildman–Crippen MR) is 118 cm³/mol. The van der Waals surface area contributed by atoms with Gasteiger partial charge in [-0.15, -0.1) is 0 Å². The summed E-state index contributed by atoms with van der Waals surface area (Å²) in [5.74, 6) is 0.646. The Morgan fingerprint density at radius 2 is 1.97 bits per heavy atom. The lowest BCUT2D eigenvalue weighted by atomic mass is 10.1. The molecule has 2 heterocycles. The third kappa shape index (κ3) is 4.39. The number of carbonyl (C=O) groups excluding carboxylic acids is 1. The molecule has 0 bridgehead atoms. The minimum absolute atomic E-state index is 0.00959. The fraction of sp³-hybridized carbons (Fsp3) is 0.545. The van der Waals surface area contributed by atoms with Crippen molar-refractivity contribution >= 4 is 15.9 Å². The summed E-state index contributed by atoms with van der Waals surface area (Å²) in [6.07, 6.45) is 3.80. The van der Waals surface area contributed by atoms with E-state index >= 15 is 0 Å². The molecule has 1 aromatic carbocycles. The van der Waals surface area contributed by atoms with E-state index in [9.17, 15) is 13.2 Å². The molecule has 1 aromatic heterocycles. The highest BCUT2D eigenvalue weighted by atomic mass is 32.2. The summed E-state index contributed by atoms with van der Waals surface area (Å²) < 4.78 is 39.5. The predicted octanol–water partition coefficient (Wildman–Crippen LogP) is 2.09. The lowest BCUT2D eigenvalue weighted by Crippen LogP contribution is -2.34. The van der Waals surface area contributed by atoms with Crippen LogP contribution in [0.5, 0.6) is 5.75 Å². The first kappa shape index (κ1) is 22.8. The van der Waals surface area contributed by atoms with Gasteiger partial charge in [-0.1, -0.05) is 0 Å². The van der Waals surface area contributed by atoms with E-state index in [1.807, 2.05) is 7.05 Å². The van der Waals surface area contributed by atoms with Crippen molar-refractivity contribution < 1.29 is 22.4 Å². The van der Waals surface area contributed by atoms with E-state index < -0.39 is 10.0 Å². The molecule has 0 radical (unpaired) electrons. The Morgan fingerprint density at radius 3 is 2.53 bits per heavy atom. The smallest absolute Gasteiger partial charge is 0.275 e. The van der Waals surface area contributed by atoms with Gasteiger partial charge in [0.2, 0.25) is 15.9 Å². The van der Waals surface area contributed by atoms with Crippen molar-refractivity contribution in [1.82, 2.24) is 19.5 Å². The third-order valence-electron chi connectivity index (χ3n) is 6.14. The van der Waals surface area contributed by atoms with Gasteiger partial charge in [0, 0.05) is 25.2 Å². The van der Waals surface area contributed by atoms with Crippen LogP contribution in [0.3, 0.4) is 0 Å². The van der Waals surface area contributed by atoms with Crippen molar-refractivity contribution in [2.45, 2.75) is 56.6 Å². The first-order valence-corrected chi connectivity index (χ1v) is 12.3. The van der Waals surface area contributed by atoms with E-state index in [2.05, 4.69) is 10.3 Å². The van der Waals surface area contributed by atoms with Gasteiger partial charge in [-0.2, -0.15) is 4.31 Å². The highest BCUT2D eigenvalue weighted by molar-refractivity contribution is 7.89. The Kier molecular flexibility index (Phi) is 6.28. The number of nitrogens with one attached hydrogen (secondary N) is 1. The molecule has 2 aliphatic rings. The van der Waals surface area contributed by atoms with Crippen LogP contribution in [0.4, 0.5) is 0 Å². The van der Waals surface area contributed by atoms with Crippen molar-refractivity contribution in [3.8, 4) is 5.75 Å². The summed E-state index contributed by atoms with van der Waals surface area (Å²) in [6.45, 7) is 4.80. The molecule has 2 fully saturated rings. The number of benzene rings is 1. The minimum atomic E-state index is -3.79. The summed E-state index contributed by atoms with van der Waals surface area (Å²) >= 11 is 0. The molecule has 1 unspecified atom stereocenters. The second-order valence-electron chi connectivity index (χ2n) is 8.52. The molecule has 1 atom stereocenters. The van der Waals surface area contributed by atoms with Gasteiger partial charge < -0.3 is 19.4 Å². The Hall–Kier alpha value is -2.43. The minimum Gasteiger partial charge on any atom is -0.497 e.